The van der Waals surface area contributed by atoms with Gasteiger partial charge in [0.2, 0.25) is 6.41 Å². The Morgan fingerprint density at radius 3 is 2.21 bits per heavy atom. The van der Waals surface area contributed by atoms with Gasteiger partial charge in [-0.05, 0) is 5.56 Å². The van der Waals surface area contributed by atoms with Crippen LogP contribution in [0.2, 0.25) is 0 Å². The third-order valence-corrected chi connectivity index (χ3v) is 1.65. The van der Waals surface area contributed by atoms with Crippen LogP contribution in [-0.2, 0) is 11.3 Å². The average Bonchev–Trinajstić information content (AvgIpc) is 2.14. The number of amides is 1. The Balaban J connectivity index is 2.72. The Kier molecular flexibility index (Phi) is 3.11. The molecule has 0 aliphatic heterocycles. The number of halogens is 3. The fourth-order valence-electron chi connectivity index (χ4n) is 0.967. The zero-order chi connectivity index (χ0) is 10.6. The van der Waals surface area contributed by atoms with Crippen molar-refractivity contribution < 1.29 is 18.0 Å². The molecule has 1 amide bonds. The highest BCUT2D eigenvalue weighted by Gasteiger charge is 2.36. The highest BCUT2D eigenvalue weighted by atomic mass is 19.4. The molecule has 0 atom stereocenters. The van der Waals surface area contributed by atoms with Crippen LogP contribution in [-0.4, -0.2) is 17.6 Å². The topological polar surface area (TPSA) is 20.3 Å². The van der Waals surface area contributed by atoms with Gasteiger partial charge in [0.15, 0.2) is 0 Å². The van der Waals surface area contributed by atoms with E-state index in [0.717, 1.165) is 0 Å². The van der Waals surface area contributed by atoms with Crippen molar-refractivity contribution in [3.63, 3.8) is 0 Å². The van der Waals surface area contributed by atoms with Crippen LogP contribution < -0.4 is 0 Å². The number of rotatable bonds is 3. The van der Waals surface area contributed by atoms with Crippen molar-refractivity contribution in [2.45, 2.75) is 12.8 Å². The Labute approximate surface area is 78.9 Å². The summed E-state index contributed by atoms with van der Waals surface area (Å²) >= 11 is 0. The SMILES string of the molecule is O=CN(Cc1ccccc1)C(F)(F)F. The number of carbonyl (C=O) groups excluding carboxylic acids is 1. The maximum atomic E-state index is 12.1. The van der Waals surface area contributed by atoms with E-state index in [-0.39, 0.29) is 11.3 Å². The second-order valence-corrected chi connectivity index (χ2v) is 2.69. The third-order valence-electron chi connectivity index (χ3n) is 1.65. The lowest BCUT2D eigenvalue weighted by Crippen LogP contribution is -2.36. The lowest BCUT2D eigenvalue weighted by molar-refractivity contribution is -0.236. The molecule has 0 saturated heterocycles. The molecule has 0 saturated carbocycles. The van der Waals surface area contributed by atoms with Gasteiger partial charge >= 0.3 is 6.30 Å². The second-order valence-electron chi connectivity index (χ2n) is 2.69. The molecule has 1 rings (SSSR count). The van der Waals surface area contributed by atoms with E-state index in [0.29, 0.717) is 5.56 Å². The van der Waals surface area contributed by atoms with Crippen LogP contribution in [0, 0.1) is 0 Å². The highest BCUT2D eigenvalue weighted by molar-refractivity contribution is 5.47. The lowest BCUT2D eigenvalue weighted by atomic mass is 10.2. The second kappa shape index (κ2) is 4.13. The zero-order valence-corrected chi connectivity index (χ0v) is 7.16. The van der Waals surface area contributed by atoms with Crippen LogP contribution in [0.1, 0.15) is 5.56 Å². The molecule has 0 radical (unpaired) electrons. The smallest absolute Gasteiger partial charge is 0.278 e. The molecule has 0 aliphatic rings. The summed E-state index contributed by atoms with van der Waals surface area (Å²) in [6, 6.07) is 8.00. The van der Waals surface area contributed by atoms with E-state index >= 15 is 0 Å². The predicted molar refractivity (Wildman–Crippen MR) is 44.1 cm³/mol. The van der Waals surface area contributed by atoms with Gasteiger partial charge in [0.05, 0.1) is 6.54 Å². The van der Waals surface area contributed by atoms with Crippen LogP contribution in [0.25, 0.3) is 0 Å². The monoisotopic (exact) mass is 203 g/mol. The standard InChI is InChI=1S/C9H8F3NO/c10-9(11,12)13(7-14)6-8-4-2-1-3-5-8/h1-5,7H,6H2. The van der Waals surface area contributed by atoms with Crippen molar-refractivity contribution in [2.24, 2.45) is 0 Å². The lowest BCUT2D eigenvalue weighted by Gasteiger charge is -2.19. The van der Waals surface area contributed by atoms with Crippen molar-refractivity contribution in [3.05, 3.63) is 35.9 Å². The molecule has 1 aromatic carbocycles. The molecule has 0 spiro atoms. The van der Waals surface area contributed by atoms with E-state index in [1.165, 1.54) is 12.1 Å². The number of alkyl halides is 3. The molecule has 76 valence electrons. The Hall–Kier alpha value is -1.52. The maximum absolute atomic E-state index is 12.1. The summed E-state index contributed by atoms with van der Waals surface area (Å²) in [5.41, 5.74) is 0.442. The summed E-state index contributed by atoms with van der Waals surface area (Å²) in [6.07, 6.45) is -4.83. The molecule has 0 bridgehead atoms. The third kappa shape index (κ3) is 2.76. The van der Waals surface area contributed by atoms with Crippen LogP contribution in [0.15, 0.2) is 30.3 Å². The van der Waals surface area contributed by atoms with Gasteiger partial charge in [-0.25, -0.2) is 0 Å². The summed E-state index contributed by atoms with van der Waals surface area (Å²) in [5.74, 6) is 0. The average molecular weight is 203 g/mol. The van der Waals surface area contributed by atoms with Gasteiger partial charge in [-0.15, -0.1) is 13.2 Å². The molecular weight excluding hydrogens is 195 g/mol. The van der Waals surface area contributed by atoms with Gasteiger partial charge in [0, 0.05) is 0 Å². The predicted octanol–water partition coefficient (Wildman–Crippen LogP) is 2.16. The number of nitrogens with zero attached hydrogens (tertiary/aromatic N) is 1. The molecule has 0 fully saturated rings. The molecule has 0 heterocycles. The number of carbonyl (C=O) groups is 1. The van der Waals surface area contributed by atoms with Crippen LogP contribution in [0.5, 0.6) is 0 Å². The first-order valence-electron chi connectivity index (χ1n) is 3.86. The molecule has 14 heavy (non-hydrogen) atoms. The van der Waals surface area contributed by atoms with Gasteiger partial charge in [0.1, 0.15) is 0 Å². The molecule has 5 heteroatoms. The van der Waals surface area contributed by atoms with Crippen LogP contribution in [0.4, 0.5) is 13.2 Å². The van der Waals surface area contributed by atoms with E-state index in [4.69, 9.17) is 0 Å². The minimum absolute atomic E-state index is 0.206. The van der Waals surface area contributed by atoms with E-state index in [2.05, 4.69) is 0 Å². The Morgan fingerprint density at radius 1 is 1.21 bits per heavy atom. The van der Waals surface area contributed by atoms with Crippen molar-refractivity contribution >= 4 is 6.41 Å². The molecule has 0 aliphatic carbocycles. The number of hydrogen-bond acceptors (Lipinski definition) is 1. The maximum Gasteiger partial charge on any atom is 0.487 e. The fraction of sp³-hybridized carbons (Fsp3) is 0.222. The molecule has 1 aromatic rings. The Bertz CT molecular complexity index is 297. The molecule has 0 N–H and O–H groups in total. The quantitative estimate of drug-likeness (QED) is 0.544. The summed E-state index contributed by atoms with van der Waals surface area (Å²) in [7, 11) is 0. The first-order valence-corrected chi connectivity index (χ1v) is 3.86. The van der Waals surface area contributed by atoms with Gasteiger partial charge < -0.3 is 0 Å². The van der Waals surface area contributed by atoms with E-state index in [1.807, 2.05) is 0 Å². The molecular formula is C9H8F3NO. The van der Waals surface area contributed by atoms with Gasteiger partial charge in [-0.2, -0.15) is 0 Å². The first-order chi connectivity index (χ1) is 6.54. The molecule has 2 nitrogen and oxygen atoms in total. The number of benzene rings is 1. The van der Waals surface area contributed by atoms with Crippen LogP contribution >= 0.6 is 0 Å². The number of hydrogen-bond donors (Lipinski definition) is 0. The largest absolute Gasteiger partial charge is 0.487 e. The van der Waals surface area contributed by atoms with E-state index in [9.17, 15) is 18.0 Å². The van der Waals surface area contributed by atoms with Gasteiger partial charge in [-0.1, -0.05) is 30.3 Å². The van der Waals surface area contributed by atoms with E-state index in [1.54, 1.807) is 18.2 Å². The zero-order valence-electron chi connectivity index (χ0n) is 7.16. The minimum Gasteiger partial charge on any atom is -0.278 e. The van der Waals surface area contributed by atoms with Crippen molar-refractivity contribution in [3.8, 4) is 0 Å². The first kappa shape index (κ1) is 10.6. The van der Waals surface area contributed by atoms with Crippen LogP contribution in [0.3, 0.4) is 0 Å². The van der Waals surface area contributed by atoms with Gasteiger partial charge in [-0.3, -0.25) is 9.69 Å². The Morgan fingerprint density at radius 2 is 1.79 bits per heavy atom. The van der Waals surface area contributed by atoms with E-state index < -0.39 is 12.8 Å². The minimum atomic E-state index is -4.61. The summed E-state index contributed by atoms with van der Waals surface area (Å²) < 4.78 is 36.3. The summed E-state index contributed by atoms with van der Waals surface area (Å²) in [6.45, 7) is -0.451. The highest BCUT2D eigenvalue weighted by Crippen LogP contribution is 2.21. The van der Waals surface area contributed by atoms with Crippen molar-refractivity contribution in [2.75, 3.05) is 0 Å². The normalized spacial score (nSPS) is 11.1. The summed E-state index contributed by atoms with van der Waals surface area (Å²) in [4.78, 5) is 9.96. The molecule has 0 aromatic heterocycles. The van der Waals surface area contributed by atoms with Crippen molar-refractivity contribution in [1.29, 1.82) is 0 Å². The van der Waals surface area contributed by atoms with Gasteiger partial charge in [0.25, 0.3) is 0 Å². The van der Waals surface area contributed by atoms with Crippen molar-refractivity contribution in [1.82, 2.24) is 4.90 Å². The molecule has 0 unspecified atom stereocenters. The fourth-order valence-corrected chi connectivity index (χ4v) is 0.967. The summed E-state index contributed by atoms with van der Waals surface area (Å²) in [5, 5.41) is 0.